The summed E-state index contributed by atoms with van der Waals surface area (Å²) in [6, 6.07) is 12.8. The standard InChI is InChI=1S/C26H31N3O6/c1-33-20-10-9-19(21(34-2)22(20)35-3)23(30)29-15-12-18(13-16-29)26(24(31)27-25(32)28-26)14-11-17-7-5-4-6-8-17/h4-10,18H,11-16H2,1-3H3,(H2,27,28,31,32). The first-order valence-corrected chi connectivity index (χ1v) is 11.7. The average molecular weight is 482 g/mol. The molecule has 2 N–H and O–H groups in total. The summed E-state index contributed by atoms with van der Waals surface area (Å²) in [6.45, 7) is 0.911. The number of hydrogen-bond donors (Lipinski definition) is 2. The number of nitrogens with one attached hydrogen (secondary N) is 2. The molecule has 0 aromatic heterocycles. The van der Waals surface area contributed by atoms with Crippen LogP contribution in [0.3, 0.4) is 0 Å². The van der Waals surface area contributed by atoms with Crippen molar-refractivity contribution in [2.24, 2.45) is 5.92 Å². The molecule has 0 spiro atoms. The number of likely N-dealkylation sites (tertiary alicyclic amines) is 1. The lowest BCUT2D eigenvalue weighted by Gasteiger charge is -2.41. The van der Waals surface area contributed by atoms with Gasteiger partial charge in [-0.1, -0.05) is 30.3 Å². The lowest BCUT2D eigenvalue weighted by molar-refractivity contribution is -0.126. The molecule has 35 heavy (non-hydrogen) atoms. The lowest BCUT2D eigenvalue weighted by atomic mass is 9.74. The molecule has 4 rings (SSSR count). The SMILES string of the molecule is COc1ccc(C(=O)N2CCC(C3(CCc4ccccc4)NC(=O)NC3=O)CC2)c(OC)c1OC. The summed E-state index contributed by atoms with van der Waals surface area (Å²) in [5, 5.41) is 5.35. The van der Waals surface area contributed by atoms with Crippen molar-refractivity contribution < 1.29 is 28.6 Å². The largest absolute Gasteiger partial charge is 0.493 e. The maximum absolute atomic E-state index is 13.4. The van der Waals surface area contributed by atoms with Gasteiger partial charge in [-0.25, -0.2) is 4.79 Å². The number of rotatable bonds is 8. The molecule has 0 bridgehead atoms. The normalized spacial score (nSPS) is 20.3. The minimum Gasteiger partial charge on any atom is -0.493 e. The van der Waals surface area contributed by atoms with E-state index >= 15 is 0 Å². The summed E-state index contributed by atoms with van der Waals surface area (Å²) in [5.41, 5.74) is 0.506. The van der Waals surface area contributed by atoms with E-state index in [1.165, 1.54) is 21.3 Å². The number of benzene rings is 2. The number of methoxy groups -OCH3 is 3. The zero-order valence-corrected chi connectivity index (χ0v) is 20.3. The van der Waals surface area contributed by atoms with Crippen LogP contribution in [-0.2, 0) is 11.2 Å². The third kappa shape index (κ3) is 4.62. The number of imide groups is 1. The second-order valence-corrected chi connectivity index (χ2v) is 8.81. The number of hydrogen-bond acceptors (Lipinski definition) is 6. The molecule has 2 aromatic rings. The Hall–Kier alpha value is -3.75. The Bertz CT molecular complexity index is 1100. The van der Waals surface area contributed by atoms with Crippen LogP contribution in [0.2, 0.25) is 0 Å². The zero-order valence-electron chi connectivity index (χ0n) is 20.3. The van der Waals surface area contributed by atoms with Gasteiger partial charge in [-0.05, 0) is 49.3 Å². The number of aryl methyl sites for hydroxylation is 1. The van der Waals surface area contributed by atoms with E-state index in [1.54, 1.807) is 17.0 Å². The third-order valence-corrected chi connectivity index (χ3v) is 7.03. The summed E-state index contributed by atoms with van der Waals surface area (Å²) in [5.74, 6) is 0.600. The van der Waals surface area contributed by atoms with Crippen molar-refractivity contribution in [2.45, 2.75) is 31.2 Å². The second kappa shape index (κ2) is 10.2. The summed E-state index contributed by atoms with van der Waals surface area (Å²) >= 11 is 0. The molecule has 0 saturated carbocycles. The van der Waals surface area contributed by atoms with Crippen LogP contribution in [0.1, 0.15) is 35.2 Å². The van der Waals surface area contributed by atoms with Gasteiger partial charge in [0, 0.05) is 13.1 Å². The quantitative estimate of drug-likeness (QED) is 0.562. The van der Waals surface area contributed by atoms with E-state index in [9.17, 15) is 14.4 Å². The third-order valence-electron chi connectivity index (χ3n) is 7.03. The number of nitrogens with zero attached hydrogens (tertiary/aromatic N) is 1. The molecule has 9 heteroatoms. The van der Waals surface area contributed by atoms with Gasteiger partial charge in [0.05, 0.1) is 26.9 Å². The van der Waals surface area contributed by atoms with Crippen LogP contribution >= 0.6 is 0 Å². The van der Waals surface area contributed by atoms with Crippen LogP contribution < -0.4 is 24.8 Å². The first-order chi connectivity index (χ1) is 16.9. The molecule has 1 atom stereocenters. The molecule has 2 saturated heterocycles. The number of urea groups is 1. The Morgan fingerprint density at radius 1 is 0.971 bits per heavy atom. The topological polar surface area (TPSA) is 106 Å². The fourth-order valence-electron chi connectivity index (χ4n) is 5.17. The van der Waals surface area contributed by atoms with Gasteiger partial charge < -0.3 is 24.4 Å². The van der Waals surface area contributed by atoms with Crippen molar-refractivity contribution in [3.8, 4) is 17.2 Å². The number of amides is 4. The highest BCUT2D eigenvalue weighted by Crippen LogP contribution is 2.41. The highest BCUT2D eigenvalue weighted by Gasteiger charge is 2.52. The van der Waals surface area contributed by atoms with Gasteiger partial charge in [0.1, 0.15) is 5.54 Å². The predicted molar refractivity (Wildman–Crippen MR) is 129 cm³/mol. The lowest BCUT2D eigenvalue weighted by Crippen LogP contribution is -2.56. The summed E-state index contributed by atoms with van der Waals surface area (Å²) in [7, 11) is 4.50. The highest BCUT2D eigenvalue weighted by atomic mass is 16.5. The predicted octanol–water partition coefficient (Wildman–Crippen LogP) is 2.78. The molecular formula is C26H31N3O6. The van der Waals surface area contributed by atoms with Crippen LogP contribution in [0, 0.1) is 5.92 Å². The van der Waals surface area contributed by atoms with Gasteiger partial charge in [0.25, 0.3) is 11.8 Å². The number of carbonyl (C=O) groups is 3. The van der Waals surface area contributed by atoms with Crippen molar-refractivity contribution >= 4 is 17.8 Å². The van der Waals surface area contributed by atoms with Crippen molar-refractivity contribution in [3.63, 3.8) is 0 Å². The minimum absolute atomic E-state index is 0.0889. The molecule has 2 heterocycles. The van der Waals surface area contributed by atoms with Gasteiger partial charge >= 0.3 is 6.03 Å². The fraction of sp³-hybridized carbons (Fsp3) is 0.423. The highest BCUT2D eigenvalue weighted by molar-refractivity contribution is 6.07. The zero-order chi connectivity index (χ0) is 25.0. The van der Waals surface area contributed by atoms with Crippen LogP contribution in [0.5, 0.6) is 17.2 Å². The molecule has 1 unspecified atom stereocenters. The van der Waals surface area contributed by atoms with Gasteiger partial charge in [0.15, 0.2) is 11.5 Å². The molecule has 0 aliphatic carbocycles. The smallest absolute Gasteiger partial charge is 0.322 e. The molecule has 186 valence electrons. The molecule has 9 nitrogen and oxygen atoms in total. The average Bonchev–Trinajstić information content (AvgIpc) is 3.20. The monoisotopic (exact) mass is 481 g/mol. The van der Waals surface area contributed by atoms with Gasteiger partial charge in [-0.2, -0.15) is 0 Å². The maximum Gasteiger partial charge on any atom is 0.322 e. The summed E-state index contributed by atoms with van der Waals surface area (Å²) in [6.07, 6.45) is 2.33. The van der Waals surface area contributed by atoms with Crippen LogP contribution in [-0.4, -0.2) is 62.7 Å². The fourth-order valence-corrected chi connectivity index (χ4v) is 5.17. The van der Waals surface area contributed by atoms with E-state index in [2.05, 4.69) is 10.6 Å². The summed E-state index contributed by atoms with van der Waals surface area (Å²) in [4.78, 5) is 40.2. The molecule has 2 fully saturated rings. The molecule has 2 aliphatic rings. The Balaban J connectivity index is 1.50. The van der Waals surface area contributed by atoms with Gasteiger partial charge in [-0.15, -0.1) is 0 Å². The summed E-state index contributed by atoms with van der Waals surface area (Å²) < 4.78 is 16.2. The van der Waals surface area contributed by atoms with Crippen LogP contribution in [0.4, 0.5) is 4.79 Å². The van der Waals surface area contributed by atoms with Crippen molar-refractivity contribution in [1.82, 2.24) is 15.5 Å². The minimum atomic E-state index is -0.983. The van der Waals surface area contributed by atoms with Crippen LogP contribution in [0.25, 0.3) is 0 Å². The van der Waals surface area contributed by atoms with E-state index in [4.69, 9.17) is 14.2 Å². The second-order valence-electron chi connectivity index (χ2n) is 8.81. The van der Waals surface area contributed by atoms with E-state index in [0.29, 0.717) is 61.6 Å². The van der Waals surface area contributed by atoms with Gasteiger partial charge in [0.2, 0.25) is 5.75 Å². The van der Waals surface area contributed by atoms with Gasteiger partial charge in [-0.3, -0.25) is 14.9 Å². The molecular weight excluding hydrogens is 450 g/mol. The molecule has 0 radical (unpaired) electrons. The van der Waals surface area contributed by atoms with E-state index in [0.717, 1.165) is 5.56 Å². The number of ether oxygens (including phenoxy) is 3. The van der Waals surface area contributed by atoms with Crippen molar-refractivity contribution in [3.05, 3.63) is 53.6 Å². The maximum atomic E-state index is 13.4. The van der Waals surface area contributed by atoms with Crippen molar-refractivity contribution in [1.29, 1.82) is 0 Å². The molecule has 4 amide bonds. The number of carbonyl (C=O) groups excluding carboxylic acids is 3. The molecule has 2 aromatic carbocycles. The first-order valence-electron chi connectivity index (χ1n) is 11.7. The Morgan fingerprint density at radius 3 is 2.23 bits per heavy atom. The van der Waals surface area contributed by atoms with E-state index in [1.807, 2.05) is 30.3 Å². The van der Waals surface area contributed by atoms with Crippen LogP contribution in [0.15, 0.2) is 42.5 Å². The van der Waals surface area contributed by atoms with E-state index < -0.39 is 11.6 Å². The Morgan fingerprint density at radius 2 is 1.66 bits per heavy atom. The van der Waals surface area contributed by atoms with Crippen molar-refractivity contribution in [2.75, 3.05) is 34.4 Å². The number of piperidine rings is 1. The Labute approximate surface area is 204 Å². The first kappa shape index (κ1) is 24.4. The Kier molecular flexibility index (Phi) is 7.14. The molecule has 2 aliphatic heterocycles. The van der Waals surface area contributed by atoms with E-state index in [-0.39, 0.29) is 17.7 Å².